The van der Waals surface area contributed by atoms with Crippen molar-refractivity contribution < 1.29 is 14.8 Å². The summed E-state index contributed by atoms with van der Waals surface area (Å²) in [5.74, 6) is -1.01. The lowest BCUT2D eigenvalue weighted by Crippen LogP contribution is -2.43. The fourth-order valence-electron chi connectivity index (χ4n) is 0.810. The van der Waals surface area contributed by atoms with Gasteiger partial charge in [-0.05, 0) is 13.8 Å². The molecule has 0 spiro atoms. The van der Waals surface area contributed by atoms with Gasteiger partial charge < -0.3 is 5.11 Å². The third-order valence-corrected chi connectivity index (χ3v) is 2.75. The molecule has 76 valence electrons. The van der Waals surface area contributed by atoms with Crippen LogP contribution in [0.3, 0.4) is 0 Å². The zero-order valence-electron chi connectivity index (χ0n) is 8.33. The van der Waals surface area contributed by atoms with Crippen molar-refractivity contribution in [3.8, 4) is 0 Å². The van der Waals surface area contributed by atoms with E-state index in [1.54, 1.807) is 13.8 Å². The van der Waals surface area contributed by atoms with Gasteiger partial charge in [0.1, 0.15) is 0 Å². The number of nitrogens with zero attached hydrogens (tertiary/aromatic N) is 1. The summed E-state index contributed by atoms with van der Waals surface area (Å²) in [7, 11) is 0. The molecule has 0 aromatic carbocycles. The van der Waals surface area contributed by atoms with Gasteiger partial charge in [0.2, 0.25) is 6.54 Å². The van der Waals surface area contributed by atoms with Crippen LogP contribution < -0.4 is 0 Å². The van der Waals surface area contributed by atoms with Crippen LogP contribution in [0.5, 0.6) is 0 Å². The summed E-state index contributed by atoms with van der Waals surface area (Å²) in [6.07, 6.45) is 0. The predicted octanol–water partition coefficient (Wildman–Crippen LogP) is 1.40. The van der Waals surface area contributed by atoms with Gasteiger partial charge in [-0.2, -0.15) is 0 Å². The lowest BCUT2D eigenvalue weighted by Gasteiger charge is -2.34. The van der Waals surface area contributed by atoms with E-state index < -0.39 is 21.7 Å². The summed E-state index contributed by atoms with van der Waals surface area (Å²) in [5.41, 5.74) is -1.96. The lowest BCUT2D eigenvalue weighted by atomic mass is 9.68. The summed E-state index contributed by atoms with van der Waals surface area (Å²) in [6, 6.07) is 0. The van der Waals surface area contributed by atoms with E-state index in [9.17, 15) is 14.9 Å². The summed E-state index contributed by atoms with van der Waals surface area (Å²) >= 11 is 0. The van der Waals surface area contributed by atoms with E-state index in [-0.39, 0.29) is 6.54 Å². The average Bonchev–Trinajstić information content (AvgIpc) is 1.83. The molecule has 0 rings (SSSR count). The van der Waals surface area contributed by atoms with Gasteiger partial charge in [0.15, 0.2) is 0 Å². The van der Waals surface area contributed by atoms with E-state index in [0.29, 0.717) is 0 Å². The molecule has 0 unspecified atom stereocenters. The van der Waals surface area contributed by atoms with Crippen LogP contribution in [0.1, 0.15) is 27.7 Å². The molecule has 0 atom stereocenters. The Kier molecular flexibility index (Phi) is 3.03. The normalized spacial score (nSPS) is 12.6. The monoisotopic (exact) mass is 189 g/mol. The maximum absolute atomic E-state index is 10.8. The second-order valence-corrected chi connectivity index (χ2v) is 4.30. The second-order valence-electron chi connectivity index (χ2n) is 4.30. The first-order valence-corrected chi connectivity index (χ1v) is 3.96. The molecule has 0 saturated carbocycles. The van der Waals surface area contributed by atoms with Gasteiger partial charge in [0.25, 0.3) is 0 Å². The molecule has 0 heterocycles. The summed E-state index contributed by atoms with van der Waals surface area (Å²) in [5, 5.41) is 19.2. The van der Waals surface area contributed by atoms with Crippen molar-refractivity contribution in [3.05, 3.63) is 10.1 Å². The maximum atomic E-state index is 10.8. The molecule has 1 N–H and O–H groups in total. The second kappa shape index (κ2) is 3.32. The van der Waals surface area contributed by atoms with Gasteiger partial charge in [0.05, 0.1) is 5.41 Å². The van der Waals surface area contributed by atoms with Crippen LogP contribution in [0.4, 0.5) is 0 Å². The number of carbonyl (C=O) groups is 1. The Morgan fingerprint density at radius 2 is 1.77 bits per heavy atom. The minimum Gasteiger partial charge on any atom is -0.481 e. The number of hydrogen-bond acceptors (Lipinski definition) is 3. The van der Waals surface area contributed by atoms with Crippen molar-refractivity contribution >= 4 is 5.97 Å². The minimum absolute atomic E-state index is 0.341. The third kappa shape index (κ3) is 2.40. The topological polar surface area (TPSA) is 80.4 Å². The Hall–Kier alpha value is -1.13. The molecule has 0 aromatic heterocycles. The summed E-state index contributed by atoms with van der Waals surface area (Å²) in [6.45, 7) is 5.83. The Bertz CT molecular complexity index is 232. The molecule has 0 saturated heterocycles. The number of nitro groups is 1. The largest absolute Gasteiger partial charge is 0.481 e. The van der Waals surface area contributed by atoms with Gasteiger partial charge >= 0.3 is 5.97 Å². The first-order valence-electron chi connectivity index (χ1n) is 3.96. The van der Waals surface area contributed by atoms with Crippen LogP contribution in [0, 0.1) is 20.9 Å². The van der Waals surface area contributed by atoms with Gasteiger partial charge in [-0.15, -0.1) is 0 Å². The quantitative estimate of drug-likeness (QED) is 0.535. The standard InChI is InChI=1S/C8H15NO4/c1-7(2,5-9(12)13)8(3,4)6(10)11/h5H2,1-4H3,(H,10,11). The molecule has 0 bridgehead atoms. The highest BCUT2D eigenvalue weighted by atomic mass is 16.6. The van der Waals surface area contributed by atoms with E-state index in [1.165, 1.54) is 13.8 Å². The average molecular weight is 189 g/mol. The number of hydrogen-bond donors (Lipinski definition) is 1. The van der Waals surface area contributed by atoms with Gasteiger partial charge in [-0.3, -0.25) is 14.9 Å². The van der Waals surface area contributed by atoms with E-state index in [0.717, 1.165) is 0 Å². The molecular formula is C8H15NO4. The fourth-order valence-corrected chi connectivity index (χ4v) is 0.810. The molecule has 0 aliphatic heterocycles. The van der Waals surface area contributed by atoms with Crippen molar-refractivity contribution in [2.24, 2.45) is 10.8 Å². The molecule has 0 fully saturated rings. The Labute approximate surface area is 76.9 Å². The molecular weight excluding hydrogens is 174 g/mol. The highest BCUT2D eigenvalue weighted by molar-refractivity contribution is 5.74. The molecule has 0 radical (unpaired) electrons. The highest BCUT2D eigenvalue weighted by Crippen LogP contribution is 2.38. The minimum atomic E-state index is -1.10. The fraction of sp³-hybridized carbons (Fsp3) is 0.875. The predicted molar refractivity (Wildman–Crippen MR) is 47.1 cm³/mol. The maximum Gasteiger partial charge on any atom is 0.309 e. The van der Waals surface area contributed by atoms with Crippen LogP contribution in [-0.2, 0) is 4.79 Å². The van der Waals surface area contributed by atoms with Crippen molar-refractivity contribution in [1.29, 1.82) is 0 Å². The Balaban J connectivity index is 4.80. The number of carboxylic acids is 1. The van der Waals surface area contributed by atoms with Crippen LogP contribution in [0.2, 0.25) is 0 Å². The molecule has 5 heteroatoms. The third-order valence-electron chi connectivity index (χ3n) is 2.75. The smallest absolute Gasteiger partial charge is 0.309 e. The lowest BCUT2D eigenvalue weighted by molar-refractivity contribution is -0.499. The van der Waals surface area contributed by atoms with Gasteiger partial charge in [-0.1, -0.05) is 13.8 Å². The number of aliphatic carboxylic acids is 1. The van der Waals surface area contributed by atoms with Crippen LogP contribution >= 0.6 is 0 Å². The first kappa shape index (κ1) is 11.9. The SMILES string of the molecule is CC(C)(C[N+](=O)[O-])C(C)(C)C(=O)O. The molecule has 5 nitrogen and oxygen atoms in total. The van der Waals surface area contributed by atoms with Crippen molar-refractivity contribution in [2.75, 3.05) is 6.54 Å². The molecule has 0 aliphatic carbocycles. The first-order chi connectivity index (χ1) is 5.61. The number of carboxylic acid groups (broad SMARTS) is 1. The van der Waals surface area contributed by atoms with Gasteiger partial charge in [0, 0.05) is 10.3 Å². The Morgan fingerprint density at radius 3 is 2.00 bits per heavy atom. The molecule has 0 aliphatic rings. The highest BCUT2D eigenvalue weighted by Gasteiger charge is 2.46. The van der Waals surface area contributed by atoms with E-state index in [1.807, 2.05) is 0 Å². The van der Waals surface area contributed by atoms with E-state index >= 15 is 0 Å². The van der Waals surface area contributed by atoms with Crippen molar-refractivity contribution in [2.45, 2.75) is 27.7 Å². The van der Waals surface area contributed by atoms with E-state index in [2.05, 4.69) is 0 Å². The van der Waals surface area contributed by atoms with E-state index in [4.69, 9.17) is 5.11 Å². The van der Waals surface area contributed by atoms with Crippen molar-refractivity contribution in [3.63, 3.8) is 0 Å². The van der Waals surface area contributed by atoms with Gasteiger partial charge in [-0.25, -0.2) is 0 Å². The molecule has 0 aromatic rings. The van der Waals surface area contributed by atoms with Crippen LogP contribution in [0.15, 0.2) is 0 Å². The molecule has 0 amide bonds. The summed E-state index contributed by atoms with van der Waals surface area (Å²) in [4.78, 5) is 20.6. The molecule has 13 heavy (non-hydrogen) atoms. The number of rotatable bonds is 4. The summed E-state index contributed by atoms with van der Waals surface area (Å²) < 4.78 is 0. The zero-order chi connectivity index (χ0) is 10.9. The van der Waals surface area contributed by atoms with Crippen LogP contribution in [-0.4, -0.2) is 22.5 Å². The zero-order valence-corrected chi connectivity index (χ0v) is 8.33. The Morgan fingerprint density at radius 1 is 1.38 bits per heavy atom. The van der Waals surface area contributed by atoms with Crippen LogP contribution in [0.25, 0.3) is 0 Å². The van der Waals surface area contributed by atoms with Crippen molar-refractivity contribution in [1.82, 2.24) is 0 Å².